The van der Waals surface area contributed by atoms with Gasteiger partial charge in [0.1, 0.15) is 0 Å². The largest absolute Gasteiger partial charge is 0.396 e. The van der Waals surface area contributed by atoms with E-state index in [2.05, 4.69) is 6.58 Å². The molecule has 0 bridgehead atoms. The summed E-state index contributed by atoms with van der Waals surface area (Å²) < 4.78 is 20.4. The van der Waals surface area contributed by atoms with Crippen LogP contribution in [0.15, 0.2) is 12.7 Å². The fourth-order valence-electron chi connectivity index (χ4n) is 1.66. The highest BCUT2D eigenvalue weighted by Crippen LogP contribution is 2.22. The highest BCUT2D eigenvalue weighted by atomic mass is 32.2. The lowest BCUT2D eigenvalue weighted by atomic mass is 9.93. The molecule has 3 nitrogen and oxygen atoms in total. The van der Waals surface area contributed by atoms with E-state index in [1.165, 1.54) is 0 Å². The summed E-state index contributed by atoms with van der Waals surface area (Å²) in [5, 5.41) is 8.56. The predicted octanol–water partition coefficient (Wildman–Crippen LogP) is 2.20. The molecule has 0 aromatic rings. The molecule has 0 aliphatic heterocycles. The van der Waals surface area contributed by atoms with Crippen molar-refractivity contribution in [2.24, 2.45) is 11.8 Å². The van der Waals surface area contributed by atoms with E-state index in [1.54, 1.807) is 6.08 Å². The van der Waals surface area contributed by atoms with E-state index < -0.39 is 11.1 Å². The predicted molar refractivity (Wildman–Crippen MR) is 64.0 cm³/mol. The Kier molecular flexibility index (Phi) is 7.92. The zero-order chi connectivity index (χ0) is 11.8. The molecule has 0 aliphatic carbocycles. The zero-order valence-corrected chi connectivity index (χ0v) is 10.4. The minimum absolute atomic E-state index is 0.141. The van der Waals surface area contributed by atoms with Gasteiger partial charge in [0.05, 0.1) is 5.25 Å². The van der Waals surface area contributed by atoms with Gasteiger partial charge < -0.3 is 9.66 Å². The van der Waals surface area contributed by atoms with E-state index in [0.29, 0.717) is 12.8 Å². The van der Waals surface area contributed by atoms with Crippen molar-refractivity contribution < 1.29 is 13.9 Å². The normalized spacial score (nSPS) is 19.2. The topological polar surface area (TPSA) is 57.5 Å². The summed E-state index contributed by atoms with van der Waals surface area (Å²) in [7, 11) is 0. The van der Waals surface area contributed by atoms with Gasteiger partial charge in [-0.15, -0.1) is 6.58 Å². The van der Waals surface area contributed by atoms with Crippen LogP contribution in [0.2, 0.25) is 0 Å². The van der Waals surface area contributed by atoms with E-state index in [-0.39, 0.29) is 23.7 Å². The van der Waals surface area contributed by atoms with Crippen molar-refractivity contribution in [3.8, 4) is 0 Å². The molecule has 15 heavy (non-hydrogen) atoms. The minimum atomic E-state index is -1.79. The second kappa shape index (κ2) is 8.02. The molecule has 0 aromatic carbocycles. The maximum absolute atomic E-state index is 11.2. The Balaban J connectivity index is 4.26. The van der Waals surface area contributed by atoms with E-state index in [0.717, 1.165) is 6.42 Å². The first kappa shape index (κ1) is 14.8. The highest BCUT2D eigenvalue weighted by molar-refractivity contribution is 7.79. The molecule has 90 valence electrons. The van der Waals surface area contributed by atoms with Crippen LogP contribution in [0, 0.1) is 11.8 Å². The van der Waals surface area contributed by atoms with Crippen LogP contribution < -0.4 is 0 Å². The lowest BCUT2D eigenvalue weighted by Gasteiger charge is -2.22. The zero-order valence-electron chi connectivity index (χ0n) is 9.56. The van der Waals surface area contributed by atoms with Gasteiger partial charge in [-0.05, 0) is 31.1 Å². The van der Waals surface area contributed by atoms with Crippen LogP contribution in [0.3, 0.4) is 0 Å². The van der Waals surface area contributed by atoms with E-state index in [4.69, 9.17) is 5.11 Å². The van der Waals surface area contributed by atoms with Gasteiger partial charge in [-0.3, -0.25) is 0 Å². The summed E-state index contributed by atoms with van der Waals surface area (Å²) in [6, 6.07) is 0. The van der Waals surface area contributed by atoms with Gasteiger partial charge >= 0.3 is 0 Å². The molecule has 0 aliphatic rings. The monoisotopic (exact) mass is 234 g/mol. The van der Waals surface area contributed by atoms with Crippen LogP contribution in [0.25, 0.3) is 0 Å². The van der Waals surface area contributed by atoms with Crippen LogP contribution >= 0.6 is 0 Å². The fourth-order valence-corrected chi connectivity index (χ4v) is 2.66. The molecule has 0 fully saturated rings. The highest BCUT2D eigenvalue weighted by Gasteiger charge is 2.23. The maximum atomic E-state index is 11.2. The summed E-state index contributed by atoms with van der Waals surface area (Å²) >= 11 is -1.79. The maximum Gasteiger partial charge on any atom is 0.156 e. The second-order valence-corrected chi connectivity index (χ2v) is 5.33. The SMILES string of the molecule is C=CC[C@H](C)[C@@H](C[C@H](C)CCO)S(=O)O. The summed E-state index contributed by atoms with van der Waals surface area (Å²) in [4.78, 5) is 0. The Morgan fingerprint density at radius 1 is 1.47 bits per heavy atom. The first-order chi connectivity index (χ1) is 7.02. The summed E-state index contributed by atoms with van der Waals surface area (Å²) in [5.74, 6) is 0.442. The third kappa shape index (κ3) is 6.07. The second-order valence-electron chi connectivity index (χ2n) is 4.17. The van der Waals surface area contributed by atoms with Gasteiger partial charge in [-0.1, -0.05) is 19.9 Å². The molecule has 0 heterocycles. The van der Waals surface area contributed by atoms with Crippen molar-refractivity contribution in [3.63, 3.8) is 0 Å². The number of aliphatic hydroxyl groups is 1. The van der Waals surface area contributed by atoms with Crippen LogP contribution in [0.5, 0.6) is 0 Å². The Bertz CT molecular complexity index is 206. The van der Waals surface area contributed by atoms with Crippen molar-refractivity contribution in [3.05, 3.63) is 12.7 Å². The molecule has 2 N–H and O–H groups in total. The van der Waals surface area contributed by atoms with Crippen molar-refractivity contribution >= 4 is 11.1 Å². The first-order valence-corrected chi connectivity index (χ1v) is 6.51. The molecule has 0 saturated carbocycles. The van der Waals surface area contributed by atoms with Crippen LogP contribution in [0.4, 0.5) is 0 Å². The number of allylic oxidation sites excluding steroid dienone is 1. The smallest absolute Gasteiger partial charge is 0.156 e. The summed E-state index contributed by atoms with van der Waals surface area (Å²) in [6.07, 6.45) is 3.90. The Hall–Kier alpha value is -0.190. The molecule has 0 rings (SSSR count). The lowest BCUT2D eigenvalue weighted by Crippen LogP contribution is -2.25. The lowest BCUT2D eigenvalue weighted by molar-refractivity contribution is 0.253. The van der Waals surface area contributed by atoms with Crippen LogP contribution in [-0.2, 0) is 11.1 Å². The Morgan fingerprint density at radius 2 is 2.07 bits per heavy atom. The van der Waals surface area contributed by atoms with Crippen molar-refractivity contribution in [2.75, 3.05) is 6.61 Å². The molecule has 0 radical (unpaired) electrons. The third-order valence-corrected chi connectivity index (χ3v) is 3.86. The van der Waals surface area contributed by atoms with E-state index in [9.17, 15) is 8.76 Å². The van der Waals surface area contributed by atoms with E-state index >= 15 is 0 Å². The summed E-state index contributed by atoms with van der Waals surface area (Å²) in [5.41, 5.74) is 0. The third-order valence-electron chi connectivity index (χ3n) is 2.69. The van der Waals surface area contributed by atoms with Crippen LogP contribution in [-0.4, -0.2) is 25.7 Å². The molecule has 4 heteroatoms. The Labute approximate surface area is 94.9 Å². The van der Waals surface area contributed by atoms with Gasteiger partial charge in [0.15, 0.2) is 11.1 Å². The number of rotatable bonds is 8. The number of hydrogen-bond donors (Lipinski definition) is 2. The average Bonchev–Trinajstić information content (AvgIpc) is 2.14. The van der Waals surface area contributed by atoms with Gasteiger partial charge in [0.2, 0.25) is 0 Å². The molecular formula is C11H22O3S. The minimum Gasteiger partial charge on any atom is -0.396 e. The van der Waals surface area contributed by atoms with Crippen molar-refractivity contribution in [1.29, 1.82) is 0 Å². The standard InChI is InChI=1S/C11H22O3S/c1-4-5-10(3)11(15(13)14)8-9(2)6-7-12/h4,9-12H,1,5-8H2,2-3H3,(H,13,14)/t9-,10+,11-/m1/s1. The van der Waals surface area contributed by atoms with Gasteiger partial charge in [-0.2, -0.15) is 0 Å². The fraction of sp³-hybridized carbons (Fsp3) is 0.818. The first-order valence-electron chi connectivity index (χ1n) is 5.34. The molecule has 0 amide bonds. The summed E-state index contributed by atoms with van der Waals surface area (Å²) in [6.45, 7) is 7.74. The number of hydrogen-bond acceptors (Lipinski definition) is 2. The van der Waals surface area contributed by atoms with Gasteiger partial charge in [0.25, 0.3) is 0 Å². The van der Waals surface area contributed by atoms with Gasteiger partial charge in [-0.25, -0.2) is 4.21 Å². The van der Waals surface area contributed by atoms with E-state index in [1.807, 2.05) is 13.8 Å². The molecule has 0 aromatic heterocycles. The average molecular weight is 234 g/mol. The van der Waals surface area contributed by atoms with Crippen molar-refractivity contribution in [1.82, 2.24) is 0 Å². The van der Waals surface area contributed by atoms with Crippen LogP contribution in [0.1, 0.15) is 33.1 Å². The Morgan fingerprint density at radius 3 is 2.47 bits per heavy atom. The van der Waals surface area contributed by atoms with Crippen molar-refractivity contribution in [2.45, 2.75) is 38.4 Å². The molecular weight excluding hydrogens is 212 g/mol. The molecule has 0 saturated heterocycles. The molecule has 4 atom stereocenters. The molecule has 1 unspecified atom stereocenters. The quantitative estimate of drug-likeness (QED) is 0.500. The van der Waals surface area contributed by atoms with Gasteiger partial charge in [0, 0.05) is 6.61 Å². The molecule has 0 spiro atoms. The number of aliphatic hydroxyl groups excluding tert-OH is 1.